The number of hydrazine groups is 1. The van der Waals surface area contributed by atoms with Gasteiger partial charge in [-0.1, -0.05) is 60.7 Å². The van der Waals surface area contributed by atoms with Crippen LogP contribution in [0.3, 0.4) is 0 Å². The van der Waals surface area contributed by atoms with Crippen molar-refractivity contribution in [3.8, 4) is 0 Å². The van der Waals surface area contributed by atoms with Gasteiger partial charge in [-0.3, -0.25) is 5.43 Å². The molecule has 28 heavy (non-hydrogen) atoms. The monoisotopic (exact) mass is 381 g/mol. The maximum absolute atomic E-state index is 12.0. The summed E-state index contributed by atoms with van der Waals surface area (Å²) in [5.41, 5.74) is 10.8. The minimum Gasteiger partial charge on any atom is -0.374 e. The molecule has 0 aromatic heterocycles. The lowest BCUT2D eigenvalue weighted by Gasteiger charge is -2.31. The minimum atomic E-state index is -0.871. The van der Waals surface area contributed by atoms with E-state index in [0.29, 0.717) is 12.3 Å². The van der Waals surface area contributed by atoms with E-state index in [0.717, 1.165) is 37.9 Å². The van der Waals surface area contributed by atoms with Gasteiger partial charge >= 0.3 is 12.1 Å². The average molecular weight is 381 g/mol. The lowest BCUT2D eigenvalue weighted by Crippen LogP contribution is -2.48. The molecule has 0 bridgehead atoms. The first-order valence-electron chi connectivity index (χ1n) is 9.71. The number of nitrogens with one attached hydrogen (secondary N) is 1. The second-order valence-corrected chi connectivity index (χ2v) is 7.24. The number of esters is 1. The number of carbonyl (C=O) groups is 2. The number of ether oxygens (including phenoxy) is 1. The summed E-state index contributed by atoms with van der Waals surface area (Å²) in [4.78, 5) is 24.0. The fraction of sp³-hybridized carbons (Fsp3) is 0.364. The Morgan fingerprint density at radius 1 is 1.00 bits per heavy atom. The van der Waals surface area contributed by atoms with E-state index in [-0.39, 0.29) is 0 Å². The molecule has 1 aliphatic rings. The second-order valence-electron chi connectivity index (χ2n) is 7.24. The molecule has 3 rings (SSSR count). The Labute approximate surface area is 165 Å². The Bertz CT molecular complexity index is 759. The van der Waals surface area contributed by atoms with Crippen molar-refractivity contribution >= 4 is 12.1 Å². The van der Waals surface area contributed by atoms with Crippen molar-refractivity contribution < 1.29 is 14.3 Å². The summed E-state index contributed by atoms with van der Waals surface area (Å²) in [5, 5.41) is 1.81. The van der Waals surface area contributed by atoms with Crippen LogP contribution >= 0.6 is 0 Å². The number of piperidine rings is 1. The highest BCUT2D eigenvalue weighted by atomic mass is 16.6. The van der Waals surface area contributed by atoms with Gasteiger partial charge in [0.25, 0.3) is 0 Å². The number of nitrogens with zero attached hydrogens (tertiary/aromatic N) is 1. The van der Waals surface area contributed by atoms with Crippen molar-refractivity contribution in [2.75, 3.05) is 13.1 Å². The molecule has 1 saturated heterocycles. The standard InChI is InChI=1S/C22H27N3O3/c23-20(16-18-9-5-2-6-10-18)21(26)28-22(27)24-25-13-11-19(12-14-25)15-17-7-3-1-4-8-17/h1-10,19-20H,11-16,23H2,(H,24,27)/t20-/m1/s1. The first kappa shape index (κ1) is 20.0. The van der Waals surface area contributed by atoms with Crippen LogP contribution in [0.2, 0.25) is 0 Å². The molecule has 1 atom stereocenters. The molecule has 0 saturated carbocycles. The molecule has 148 valence electrons. The molecule has 2 aromatic rings. The number of hydrogen-bond acceptors (Lipinski definition) is 5. The Balaban J connectivity index is 1.37. The van der Waals surface area contributed by atoms with Crippen LogP contribution in [0.25, 0.3) is 0 Å². The molecular formula is C22H27N3O3. The van der Waals surface area contributed by atoms with Crippen molar-refractivity contribution in [3.63, 3.8) is 0 Å². The maximum Gasteiger partial charge on any atom is 0.429 e. The van der Waals surface area contributed by atoms with Crippen LogP contribution in [0.5, 0.6) is 0 Å². The molecule has 0 spiro atoms. The van der Waals surface area contributed by atoms with Crippen LogP contribution < -0.4 is 11.2 Å². The minimum absolute atomic E-state index is 0.331. The van der Waals surface area contributed by atoms with Gasteiger partial charge in [-0.15, -0.1) is 0 Å². The van der Waals surface area contributed by atoms with Crippen molar-refractivity contribution in [2.24, 2.45) is 11.7 Å². The zero-order valence-electron chi connectivity index (χ0n) is 15.9. The fourth-order valence-electron chi connectivity index (χ4n) is 3.47. The number of hydrogen-bond donors (Lipinski definition) is 2. The van der Waals surface area contributed by atoms with Crippen molar-refractivity contribution in [1.29, 1.82) is 0 Å². The molecule has 6 heteroatoms. The number of rotatable bonds is 6. The van der Waals surface area contributed by atoms with E-state index in [4.69, 9.17) is 10.5 Å². The Morgan fingerprint density at radius 3 is 2.18 bits per heavy atom. The predicted octanol–water partition coefficient (Wildman–Crippen LogP) is 2.68. The largest absolute Gasteiger partial charge is 0.429 e. The Kier molecular flexibility index (Phi) is 7.17. The first-order chi connectivity index (χ1) is 13.6. The molecule has 1 amide bonds. The second kappa shape index (κ2) is 10.0. The topological polar surface area (TPSA) is 84.7 Å². The lowest BCUT2D eigenvalue weighted by atomic mass is 9.91. The molecule has 1 aliphatic heterocycles. The predicted molar refractivity (Wildman–Crippen MR) is 107 cm³/mol. The number of nitrogens with two attached hydrogens (primary N) is 1. The smallest absolute Gasteiger partial charge is 0.374 e. The van der Waals surface area contributed by atoms with Crippen LogP contribution in [0.1, 0.15) is 24.0 Å². The lowest BCUT2D eigenvalue weighted by molar-refractivity contribution is -0.139. The molecule has 0 unspecified atom stereocenters. The van der Waals surface area contributed by atoms with E-state index in [1.807, 2.05) is 36.4 Å². The molecule has 1 fully saturated rings. The summed E-state index contributed by atoms with van der Waals surface area (Å²) < 4.78 is 4.85. The highest BCUT2D eigenvalue weighted by molar-refractivity contribution is 5.87. The van der Waals surface area contributed by atoms with Crippen LogP contribution in [0, 0.1) is 5.92 Å². The zero-order chi connectivity index (χ0) is 19.8. The highest BCUT2D eigenvalue weighted by Crippen LogP contribution is 2.20. The van der Waals surface area contributed by atoms with E-state index >= 15 is 0 Å². The summed E-state index contributed by atoms with van der Waals surface area (Å²) >= 11 is 0. The van der Waals surface area contributed by atoms with Crippen LogP contribution in [0.4, 0.5) is 4.79 Å². The summed E-state index contributed by atoms with van der Waals surface area (Å²) in [7, 11) is 0. The molecule has 1 heterocycles. The summed E-state index contributed by atoms with van der Waals surface area (Å²) in [6, 6.07) is 19.0. The summed E-state index contributed by atoms with van der Waals surface area (Å²) in [6.45, 7) is 1.47. The van der Waals surface area contributed by atoms with Gasteiger partial charge in [-0.25, -0.2) is 14.6 Å². The van der Waals surface area contributed by atoms with Crippen molar-refractivity contribution in [3.05, 3.63) is 71.8 Å². The van der Waals surface area contributed by atoms with Crippen molar-refractivity contribution in [1.82, 2.24) is 10.4 Å². The van der Waals surface area contributed by atoms with Crippen LogP contribution in [-0.2, 0) is 22.4 Å². The fourth-order valence-corrected chi connectivity index (χ4v) is 3.47. The molecule has 0 radical (unpaired) electrons. The zero-order valence-corrected chi connectivity index (χ0v) is 15.9. The SMILES string of the molecule is N[C@H](Cc1ccccc1)C(=O)OC(=O)NN1CCC(Cc2ccccc2)CC1. The summed E-state index contributed by atoms with van der Waals surface area (Å²) in [6.07, 6.45) is 2.58. The number of carbonyl (C=O) groups excluding carboxylic acids is 2. The van der Waals surface area contributed by atoms with Gasteiger partial charge in [-0.05, 0) is 42.7 Å². The maximum atomic E-state index is 12.0. The van der Waals surface area contributed by atoms with E-state index in [9.17, 15) is 9.59 Å². The van der Waals surface area contributed by atoms with Crippen molar-refractivity contribution in [2.45, 2.75) is 31.7 Å². The Morgan fingerprint density at radius 2 is 1.57 bits per heavy atom. The molecule has 2 aromatic carbocycles. The Hall–Kier alpha value is -2.70. The number of benzene rings is 2. The van der Waals surface area contributed by atoms with Gasteiger partial charge in [0, 0.05) is 13.1 Å². The highest BCUT2D eigenvalue weighted by Gasteiger charge is 2.24. The molecule has 0 aliphatic carbocycles. The van der Waals surface area contributed by atoms with Crippen LogP contribution in [0.15, 0.2) is 60.7 Å². The normalized spacial score (nSPS) is 16.3. The van der Waals surface area contributed by atoms with Gasteiger partial charge in [0.05, 0.1) is 0 Å². The first-order valence-corrected chi connectivity index (χ1v) is 9.71. The third-order valence-electron chi connectivity index (χ3n) is 5.03. The van der Waals surface area contributed by atoms with E-state index in [1.165, 1.54) is 5.56 Å². The van der Waals surface area contributed by atoms with Gasteiger partial charge < -0.3 is 10.5 Å². The molecular weight excluding hydrogens is 354 g/mol. The summed E-state index contributed by atoms with van der Waals surface area (Å²) in [5.74, 6) is -0.127. The van der Waals surface area contributed by atoms with Gasteiger partial charge in [0.2, 0.25) is 0 Å². The van der Waals surface area contributed by atoms with Gasteiger partial charge in [0.15, 0.2) is 0 Å². The molecule has 6 nitrogen and oxygen atoms in total. The van der Waals surface area contributed by atoms with Crippen LogP contribution in [-0.4, -0.2) is 36.2 Å². The average Bonchev–Trinajstić information content (AvgIpc) is 2.71. The van der Waals surface area contributed by atoms with Gasteiger partial charge in [0.1, 0.15) is 6.04 Å². The van der Waals surface area contributed by atoms with Gasteiger partial charge in [-0.2, -0.15) is 0 Å². The van der Waals surface area contributed by atoms with E-state index < -0.39 is 18.1 Å². The van der Waals surface area contributed by atoms with E-state index in [2.05, 4.69) is 29.7 Å². The van der Waals surface area contributed by atoms with E-state index in [1.54, 1.807) is 5.01 Å². The third-order valence-corrected chi connectivity index (χ3v) is 5.03. The quantitative estimate of drug-likeness (QED) is 0.594. The third kappa shape index (κ3) is 6.18. The molecule has 3 N–H and O–H groups in total. The number of amides is 1.